The van der Waals surface area contributed by atoms with Crippen molar-refractivity contribution in [1.29, 1.82) is 0 Å². The highest BCUT2D eigenvalue weighted by Crippen LogP contribution is 2.49. The molecule has 0 spiro atoms. The number of rotatable bonds is 0. The van der Waals surface area contributed by atoms with Crippen LogP contribution in [0.5, 0.6) is 0 Å². The van der Waals surface area contributed by atoms with E-state index in [2.05, 4.69) is 6.92 Å². The molecule has 2 saturated carbocycles. The molecule has 0 radical (unpaired) electrons. The van der Waals surface area contributed by atoms with Gasteiger partial charge in [-0.25, -0.2) is 0 Å². The van der Waals surface area contributed by atoms with Crippen LogP contribution >= 0.6 is 0 Å². The summed E-state index contributed by atoms with van der Waals surface area (Å²) >= 11 is 0. The maximum absolute atomic E-state index is 11.9. The quantitative estimate of drug-likeness (QED) is 0.593. The number of fused-ring (bicyclic) bond motifs is 1. The molecule has 0 aliphatic heterocycles. The Hall–Kier alpha value is -0.660. The Balaban J connectivity index is 2.30. The lowest BCUT2D eigenvalue weighted by Crippen LogP contribution is -2.48. The molecule has 78 valence electrons. The van der Waals surface area contributed by atoms with E-state index >= 15 is 0 Å². The highest BCUT2D eigenvalue weighted by molar-refractivity contribution is 5.90. The second kappa shape index (κ2) is 3.18. The number of carbonyl (C=O) groups excluding carboxylic acids is 2. The van der Waals surface area contributed by atoms with Gasteiger partial charge in [0, 0.05) is 24.2 Å². The SMILES string of the molecule is C[C@H]1C(=O)CC[C@@]2(C)C(=O)CCC[C@@H]12. The van der Waals surface area contributed by atoms with E-state index in [0.717, 1.165) is 25.7 Å². The normalized spacial score (nSPS) is 43.6. The first kappa shape index (κ1) is 9.88. The maximum Gasteiger partial charge on any atom is 0.139 e. The summed E-state index contributed by atoms with van der Waals surface area (Å²) < 4.78 is 0. The molecule has 2 aliphatic carbocycles. The second-order valence-corrected chi connectivity index (χ2v) is 5.09. The minimum Gasteiger partial charge on any atom is -0.299 e. The molecule has 2 fully saturated rings. The molecule has 0 aromatic carbocycles. The number of hydrogen-bond donors (Lipinski definition) is 0. The van der Waals surface area contributed by atoms with Gasteiger partial charge in [-0.3, -0.25) is 9.59 Å². The van der Waals surface area contributed by atoms with Crippen molar-refractivity contribution >= 4 is 11.6 Å². The minimum atomic E-state index is -0.175. The van der Waals surface area contributed by atoms with E-state index in [1.165, 1.54) is 0 Å². The van der Waals surface area contributed by atoms with Crippen LogP contribution in [0, 0.1) is 17.3 Å². The molecule has 2 nitrogen and oxygen atoms in total. The molecule has 0 unspecified atom stereocenters. The van der Waals surface area contributed by atoms with E-state index in [1.807, 2.05) is 6.92 Å². The Morgan fingerprint density at radius 3 is 2.71 bits per heavy atom. The molecular formula is C12H18O2. The van der Waals surface area contributed by atoms with E-state index in [4.69, 9.17) is 0 Å². The number of ketones is 2. The molecule has 3 atom stereocenters. The van der Waals surface area contributed by atoms with E-state index in [0.29, 0.717) is 23.9 Å². The van der Waals surface area contributed by atoms with Gasteiger partial charge in [0.25, 0.3) is 0 Å². The predicted octanol–water partition coefficient (Wildman–Crippen LogP) is 2.36. The summed E-state index contributed by atoms with van der Waals surface area (Å²) in [6.07, 6.45) is 4.18. The Labute approximate surface area is 85.1 Å². The number of carbonyl (C=O) groups is 2. The fourth-order valence-corrected chi connectivity index (χ4v) is 3.25. The van der Waals surface area contributed by atoms with Crippen LogP contribution in [-0.4, -0.2) is 11.6 Å². The van der Waals surface area contributed by atoms with Gasteiger partial charge >= 0.3 is 0 Å². The van der Waals surface area contributed by atoms with Crippen molar-refractivity contribution in [2.24, 2.45) is 17.3 Å². The van der Waals surface area contributed by atoms with Gasteiger partial charge in [0.15, 0.2) is 0 Å². The molecule has 0 saturated heterocycles. The largest absolute Gasteiger partial charge is 0.299 e. The molecule has 0 amide bonds. The summed E-state index contributed by atoms with van der Waals surface area (Å²) in [5.41, 5.74) is -0.175. The van der Waals surface area contributed by atoms with Gasteiger partial charge in [0.05, 0.1) is 0 Å². The zero-order chi connectivity index (χ0) is 10.3. The minimum absolute atomic E-state index is 0.109. The van der Waals surface area contributed by atoms with Crippen molar-refractivity contribution in [1.82, 2.24) is 0 Å². The van der Waals surface area contributed by atoms with Crippen LogP contribution in [0.15, 0.2) is 0 Å². The smallest absolute Gasteiger partial charge is 0.139 e. The van der Waals surface area contributed by atoms with Gasteiger partial charge in [0.2, 0.25) is 0 Å². The molecule has 2 heteroatoms. The van der Waals surface area contributed by atoms with Crippen LogP contribution in [0.3, 0.4) is 0 Å². The third kappa shape index (κ3) is 1.23. The second-order valence-electron chi connectivity index (χ2n) is 5.09. The number of Topliss-reactive ketones (excluding diaryl/α,β-unsaturated/α-hetero) is 2. The van der Waals surface area contributed by atoms with Crippen molar-refractivity contribution in [2.45, 2.75) is 46.0 Å². The zero-order valence-electron chi connectivity index (χ0n) is 9.01. The van der Waals surface area contributed by atoms with Crippen molar-refractivity contribution in [3.8, 4) is 0 Å². The van der Waals surface area contributed by atoms with Crippen LogP contribution in [0.1, 0.15) is 46.0 Å². The fraction of sp³-hybridized carbons (Fsp3) is 0.833. The Morgan fingerprint density at radius 1 is 1.29 bits per heavy atom. The third-order valence-corrected chi connectivity index (χ3v) is 4.38. The molecule has 2 aliphatic rings. The lowest BCUT2D eigenvalue weighted by Gasteiger charge is -2.46. The van der Waals surface area contributed by atoms with E-state index in [-0.39, 0.29) is 11.3 Å². The maximum atomic E-state index is 11.9. The lowest BCUT2D eigenvalue weighted by atomic mass is 9.56. The topological polar surface area (TPSA) is 34.1 Å². The van der Waals surface area contributed by atoms with Crippen molar-refractivity contribution in [3.63, 3.8) is 0 Å². The molecular weight excluding hydrogens is 176 g/mol. The van der Waals surface area contributed by atoms with Gasteiger partial charge in [0.1, 0.15) is 11.6 Å². The number of hydrogen-bond acceptors (Lipinski definition) is 2. The highest BCUT2D eigenvalue weighted by Gasteiger charge is 2.49. The van der Waals surface area contributed by atoms with Crippen molar-refractivity contribution < 1.29 is 9.59 Å². The summed E-state index contributed by atoms with van der Waals surface area (Å²) in [6, 6.07) is 0. The molecule has 0 aromatic rings. The summed E-state index contributed by atoms with van der Waals surface area (Å²) in [5, 5.41) is 0. The Kier molecular flexibility index (Phi) is 2.24. The van der Waals surface area contributed by atoms with Crippen LogP contribution in [0.2, 0.25) is 0 Å². The zero-order valence-corrected chi connectivity index (χ0v) is 9.01. The van der Waals surface area contributed by atoms with Gasteiger partial charge < -0.3 is 0 Å². The van der Waals surface area contributed by atoms with Gasteiger partial charge in [-0.1, -0.05) is 13.8 Å². The van der Waals surface area contributed by atoms with Crippen molar-refractivity contribution in [2.75, 3.05) is 0 Å². The standard InChI is InChI=1S/C12H18O2/c1-8-9-4-3-5-11(14)12(9,2)7-6-10(8)13/h8-9H,3-7H2,1-2H3/t8-,9+,12-/m1/s1. The first-order valence-electron chi connectivity index (χ1n) is 5.62. The monoisotopic (exact) mass is 194 g/mol. The third-order valence-electron chi connectivity index (χ3n) is 4.38. The molecule has 0 bridgehead atoms. The van der Waals surface area contributed by atoms with Crippen LogP contribution in [-0.2, 0) is 9.59 Å². The average molecular weight is 194 g/mol. The van der Waals surface area contributed by atoms with Crippen LogP contribution in [0.25, 0.3) is 0 Å². The molecule has 0 aromatic heterocycles. The van der Waals surface area contributed by atoms with Gasteiger partial charge in [-0.05, 0) is 25.2 Å². The summed E-state index contributed by atoms with van der Waals surface area (Å²) in [5.74, 6) is 1.19. The summed E-state index contributed by atoms with van der Waals surface area (Å²) in [7, 11) is 0. The fourth-order valence-electron chi connectivity index (χ4n) is 3.25. The molecule has 2 rings (SSSR count). The van der Waals surface area contributed by atoms with E-state index in [9.17, 15) is 9.59 Å². The van der Waals surface area contributed by atoms with E-state index < -0.39 is 0 Å². The van der Waals surface area contributed by atoms with Gasteiger partial charge in [-0.2, -0.15) is 0 Å². The predicted molar refractivity (Wildman–Crippen MR) is 53.9 cm³/mol. The lowest BCUT2D eigenvalue weighted by molar-refractivity contribution is -0.145. The molecule has 14 heavy (non-hydrogen) atoms. The Bertz CT molecular complexity index is 282. The first-order chi connectivity index (χ1) is 6.55. The molecule has 0 heterocycles. The Morgan fingerprint density at radius 2 is 2.00 bits per heavy atom. The molecule has 0 N–H and O–H groups in total. The van der Waals surface area contributed by atoms with Crippen LogP contribution in [0.4, 0.5) is 0 Å². The first-order valence-corrected chi connectivity index (χ1v) is 5.62. The summed E-state index contributed by atoms with van der Waals surface area (Å²) in [6.45, 7) is 4.07. The average Bonchev–Trinajstić information content (AvgIpc) is 2.16. The summed E-state index contributed by atoms with van der Waals surface area (Å²) in [4.78, 5) is 23.5. The van der Waals surface area contributed by atoms with Gasteiger partial charge in [-0.15, -0.1) is 0 Å². The van der Waals surface area contributed by atoms with Crippen molar-refractivity contribution in [3.05, 3.63) is 0 Å². The van der Waals surface area contributed by atoms with Crippen LogP contribution < -0.4 is 0 Å². The van der Waals surface area contributed by atoms with E-state index in [1.54, 1.807) is 0 Å². The highest BCUT2D eigenvalue weighted by atomic mass is 16.1.